The van der Waals surface area contributed by atoms with Crippen molar-refractivity contribution in [1.29, 1.82) is 0 Å². The molecule has 1 heterocycles. The first-order chi connectivity index (χ1) is 8.29. The Labute approximate surface area is 106 Å². The molecule has 1 aromatic heterocycles. The zero-order chi connectivity index (χ0) is 11.8. The summed E-state index contributed by atoms with van der Waals surface area (Å²) in [5, 5.41) is 2.17. The quantitative estimate of drug-likeness (QED) is 0.773. The summed E-state index contributed by atoms with van der Waals surface area (Å²) >= 11 is 1.86. The highest BCUT2D eigenvalue weighted by Crippen LogP contribution is 2.44. The first-order valence-electron chi connectivity index (χ1n) is 6.00. The standard InChI is InChI=1S/C15H16OS/c1-10-8-11-5-6-12(16-2)9-13(11)15(10)14-4-3-7-17-14/h3-7,9-10,15H,8H2,1-2H3/t10-,15+/m0/s1. The molecule has 88 valence electrons. The van der Waals surface area contributed by atoms with Crippen LogP contribution in [0.3, 0.4) is 0 Å². The van der Waals surface area contributed by atoms with Crippen molar-refractivity contribution in [3.63, 3.8) is 0 Å². The largest absolute Gasteiger partial charge is 0.497 e. The highest BCUT2D eigenvalue weighted by Gasteiger charge is 2.31. The van der Waals surface area contributed by atoms with Crippen LogP contribution < -0.4 is 4.74 Å². The van der Waals surface area contributed by atoms with Crippen molar-refractivity contribution in [3.05, 3.63) is 51.7 Å². The average Bonchev–Trinajstić information content (AvgIpc) is 2.93. The highest BCUT2D eigenvalue weighted by atomic mass is 32.1. The second-order valence-corrected chi connectivity index (χ2v) is 5.72. The number of ether oxygens (including phenoxy) is 1. The third-order valence-electron chi connectivity index (χ3n) is 3.65. The molecule has 0 fully saturated rings. The van der Waals surface area contributed by atoms with Crippen LogP contribution in [-0.2, 0) is 6.42 Å². The molecule has 0 saturated heterocycles. The summed E-state index contributed by atoms with van der Waals surface area (Å²) in [5.41, 5.74) is 2.94. The molecule has 2 atom stereocenters. The zero-order valence-electron chi connectivity index (χ0n) is 10.1. The number of hydrogen-bond acceptors (Lipinski definition) is 2. The van der Waals surface area contributed by atoms with Crippen molar-refractivity contribution < 1.29 is 4.74 Å². The molecule has 2 aromatic rings. The Hall–Kier alpha value is -1.28. The van der Waals surface area contributed by atoms with E-state index in [0.717, 1.165) is 5.75 Å². The van der Waals surface area contributed by atoms with Crippen LogP contribution in [0.25, 0.3) is 0 Å². The van der Waals surface area contributed by atoms with Crippen molar-refractivity contribution in [2.24, 2.45) is 5.92 Å². The van der Waals surface area contributed by atoms with Gasteiger partial charge in [-0.1, -0.05) is 19.1 Å². The molecule has 0 radical (unpaired) electrons. The van der Waals surface area contributed by atoms with Crippen LogP contribution in [0.15, 0.2) is 35.7 Å². The molecule has 0 bridgehead atoms. The molecule has 3 rings (SSSR count). The molecule has 1 aliphatic carbocycles. The first kappa shape index (κ1) is 10.8. The van der Waals surface area contributed by atoms with Crippen LogP contribution >= 0.6 is 11.3 Å². The molecule has 1 aliphatic rings. The Bertz CT molecular complexity index is 516. The summed E-state index contributed by atoms with van der Waals surface area (Å²) in [7, 11) is 1.74. The first-order valence-corrected chi connectivity index (χ1v) is 6.88. The van der Waals surface area contributed by atoms with Gasteiger partial charge in [-0.15, -0.1) is 11.3 Å². The smallest absolute Gasteiger partial charge is 0.119 e. The van der Waals surface area contributed by atoms with Crippen LogP contribution in [0, 0.1) is 5.92 Å². The predicted molar refractivity (Wildman–Crippen MR) is 72.0 cm³/mol. The maximum Gasteiger partial charge on any atom is 0.119 e. The van der Waals surface area contributed by atoms with Crippen molar-refractivity contribution >= 4 is 11.3 Å². The highest BCUT2D eigenvalue weighted by molar-refractivity contribution is 7.10. The maximum atomic E-state index is 5.34. The van der Waals surface area contributed by atoms with E-state index in [9.17, 15) is 0 Å². The van der Waals surface area contributed by atoms with Gasteiger partial charge in [-0.3, -0.25) is 0 Å². The summed E-state index contributed by atoms with van der Waals surface area (Å²) in [6.07, 6.45) is 1.18. The summed E-state index contributed by atoms with van der Waals surface area (Å²) in [6.45, 7) is 2.34. The van der Waals surface area contributed by atoms with E-state index in [1.807, 2.05) is 11.3 Å². The molecule has 1 nitrogen and oxygen atoms in total. The minimum atomic E-state index is 0.556. The van der Waals surface area contributed by atoms with Gasteiger partial charge in [0, 0.05) is 10.8 Å². The zero-order valence-corrected chi connectivity index (χ0v) is 11.0. The number of rotatable bonds is 2. The molecule has 0 unspecified atom stereocenters. The van der Waals surface area contributed by atoms with Gasteiger partial charge in [0.15, 0.2) is 0 Å². The van der Waals surface area contributed by atoms with Crippen LogP contribution in [0.1, 0.15) is 28.8 Å². The Kier molecular flexibility index (Phi) is 2.67. The lowest BCUT2D eigenvalue weighted by Gasteiger charge is -2.15. The van der Waals surface area contributed by atoms with E-state index in [0.29, 0.717) is 11.8 Å². The fourth-order valence-electron chi connectivity index (χ4n) is 2.85. The SMILES string of the molecule is COc1ccc2c(c1)[C@H](c1cccs1)[C@@H](C)C2. The lowest BCUT2D eigenvalue weighted by Crippen LogP contribution is -2.03. The lowest BCUT2D eigenvalue weighted by molar-refractivity contribution is 0.414. The van der Waals surface area contributed by atoms with Crippen molar-refractivity contribution in [3.8, 4) is 5.75 Å². The Morgan fingerprint density at radius 2 is 2.18 bits per heavy atom. The van der Waals surface area contributed by atoms with E-state index in [-0.39, 0.29) is 0 Å². The van der Waals surface area contributed by atoms with Crippen LogP contribution in [-0.4, -0.2) is 7.11 Å². The molecule has 0 saturated carbocycles. The number of benzene rings is 1. The van der Waals surface area contributed by atoms with Gasteiger partial charge in [-0.25, -0.2) is 0 Å². The van der Waals surface area contributed by atoms with Gasteiger partial charge in [-0.05, 0) is 47.0 Å². The van der Waals surface area contributed by atoms with Crippen molar-refractivity contribution in [2.75, 3.05) is 7.11 Å². The van der Waals surface area contributed by atoms with E-state index in [2.05, 4.69) is 42.6 Å². The minimum Gasteiger partial charge on any atom is -0.497 e. The Balaban J connectivity index is 2.08. The molecule has 0 amide bonds. The van der Waals surface area contributed by atoms with Gasteiger partial charge in [0.1, 0.15) is 5.75 Å². The number of methoxy groups -OCH3 is 1. The topological polar surface area (TPSA) is 9.23 Å². The van der Waals surface area contributed by atoms with E-state index in [1.54, 1.807) is 7.11 Å². The molecule has 0 spiro atoms. The summed E-state index contributed by atoms with van der Waals surface area (Å²) in [4.78, 5) is 1.48. The Morgan fingerprint density at radius 1 is 1.29 bits per heavy atom. The molecule has 1 aromatic carbocycles. The third kappa shape index (κ3) is 1.77. The fraction of sp³-hybridized carbons (Fsp3) is 0.333. The van der Waals surface area contributed by atoms with Crippen LogP contribution in [0.4, 0.5) is 0 Å². The summed E-state index contributed by atoms with van der Waals surface area (Å²) in [5.74, 6) is 2.22. The van der Waals surface area contributed by atoms with E-state index in [4.69, 9.17) is 4.74 Å². The van der Waals surface area contributed by atoms with Gasteiger partial charge in [-0.2, -0.15) is 0 Å². The average molecular weight is 244 g/mol. The van der Waals surface area contributed by atoms with E-state index < -0.39 is 0 Å². The van der Waals surface area contributed by atoms with Gasteiger partial charge in [0.25, 0.3) is 0 Å². The van der Waals surface area contributed by atoms with Gasteiger partial charge < -0.3 is 4.74 Å². The van der Waals surface area contributed by atoms with Gasteiger partial charge >= 0.3 is 0 Å². The molecule has 17 heavy (non-hydrogen) atoms. The number of hydrogen-bond donors (Lipinski definition) is 0. The van der Waals surface area contributed by atoms with E-state index in [1.165, 1.54) is 22.4 Å². The van der Waals surface area contributed by atoms with E-state index >= 15 is 0 Å². The van der Waals surface area contributed by atoms with Gasteiger partial charge in [0.2, 0.25) is 0 Å². The third-order valence-corrected chi connectivity index (χ3v) is 4.60. The Morgan fingerprint density at radius 3 is 2.88 bits per heavy atom. The van der Waals surface area contributed by atoms with Gasteiger partial charge in [0.05, 0.1) is 7.11 Å². The summed E-state index contributed by atoms with van der Waals surface area (Å²) < 4.78 is 5.34. The number of fused-ring (bicyclic) bond motifs is 1. The summed E-state index contributed by atoms with van der Waals surface area (Å²) in [6, 6.07) is 10.9. The normalized spacial score (nSPS) is 22.5. The predicted octanol–water partition coefficient (Wildman–Crippen LogP) is 4.08. The molecular weight excluding hydrogens is 228 g/mol. The number of thiophene rings is 1. The van der Waals surface area contributed by atoms with Crippen LogP contribution in [0.5, 0.6) is 5.75 Å². The van der Waals surface area contributed by atoms with Crippen molar-refractivity contribution in [1.82, 2.24) is 0 Å². The maximum absolute atomic E-state index is 5.34. The monoisotopic (exact) mass is 244 g/mol. The second-order valence-electron chi connectivity index (χ2n) is 4.74. The molecule has 0 N–H and O–H groups in total. The lowest BCUT2D eigenvalue weighted by atomic mass is 9.92. The van der Waals surface area contributed by atoms with Crippen molar-refractivity contribution in [2.45, 2.75) is 19.3 Å². The molecule has 2 heteroatoms. The minimum absolute atomic E-state index is 0.556. The molecular formula is C15H16OS. The fourth-order valence-corrected chi connectivity index (χ4v) is 3.83. The second kappa shape index (κ2) is 4.19. The molecule has 0 aliphatic heterocycles. The van der Waals surface area contributed by atoms with Crippen LogP contribution in [0.2, 0.25) is 0 Å².